The third-order valence-corrected chi connectivity index (χ3v) is 4.40. The summed E-state index contributed by atoms with van der Waals surface area (Å²) in [5, 5.41) is 10.9. The van der Waals surface area contributed by atoms with Crippen molar-refractivity contribution in [2.45, 2.75) is 0 Å². The highest BCUT2D eigenvalue weighted by Gasteiger charge is 2.22. The van der Waals surface area contributed by atoms with Crippen LogP contribution in [0.25, 0.3) is 23.0 Å². The minimum absolute atomic E-state index is 0.0265. The number of carbonyl (C=O) groups excluding carboxylic acids is 1. The number of nitrogens with zero attached hydrogens (tertiary/aromatic N) is 1. The van der Waals surface area contributed by atoms with Crippen molar-refractivity contribution >= 4 is 23.5 Å². The summed E-state index contributed by atoms with van der Waals surface area (Å²) < 4.78 is 5.38. The number of hydrogen-bond acceptors (Lipinski definition) is 4. The van der Waals surface area contributed by atoms with Crippen molar-refractivity contribution < 1.29 is 14.5 Å². The van der Waals surface area contributed by atoms with Gasteiger partial charge in [0.05, 0.1) is 10.5 Å². The van der Waals surface area contributed by atoms with E-state index in [1.165, 1.54) is 12.1 Å². The van der Waals surface area contributed by atoms with Gasteiger partial charge in [0.2, 0.25) is 0 Å². The molecule has 1 heterocycles. The Kier molecular flexibility index (Phi) is 4.56. The smallest absolute Gasteiger partial charge is 0.343 e. The Morgan fingerprint density at radius 3 is 2.21 bits per heavy atom. The second-order valence-corrected chi connectivity index (χ2v) is 6.29. The molecule has 3 aromatic carbocycles. The van der Waals surface area contributed by atoms with Crippen LogP contribution in [-0.4, -0.2) is 10.9 Å². The van der Waals surface area contributed by atoms with Gasteiger partial charge in [-0.25, -0.2) is 4.79 Å². The highest BCUT2D eigenvalue weighted by Crippen LogP contribution is 2.29. The zero-order valence-electron chi connectivity index (χ0n) is 14.7. The number of rotatable bonds is 4. The zero-order valence-corrected chi connectivity index (χ0v) is 14.7. The number of ether oxygens (including phenoxy) is 1. The molecule has 4 rings (SSSR count). The predicted molar refractivity (Wildman–Crippen MR) is 107 cm³/mol. The van der Waals surface area contributed by atoms with Gasteiger partial charge in [-0.3, -0.25) is 10.1 Å². The number of hydrogen-bond donors (Lipinski definition) is 0. The fourth-order valence-corrected chi connectivity index (χ4v) is 3.00. The van der Waals surface area contributed by atoms with Crippen molar-refractivity contribution in [1.82, 2.24) is 0 Å². The molecule has 0 saturated heterocycles. The van der Waals surface area contributed by atoms with Crippen LogP contribution in [-0.2, 0) is 9.53 Å². The molecule has 5 heteroatoms. The van der Waals surface area contributed by atoms with Gasteiger partial charge in [-0.15, -0.1) is 0 Å². The van der Waals surface area contributed by atoms with Crippen molar-refractivity contribution in [2.75, 3.05) is 0 Å². The molecule has 0 fully saturated rings. The Balaban J connectivity index is 1.61. The van der Waals surface area contributed by atoms with E-state index < -0.39 is 10.9 Å². The summed E-state index contributed by atoms with van der Waals surface area (Å²) in [6.45, 7) is 0. The van der Waals surface area contributed by atoms with E-state index in [1.807, 2.05) is 54.6 Å². The maximum absolute atomic E-state index is 12.2. The fourth-order valence-electron chi connectivity index (χ4n) is 3.00. The van der Waals surface area contributed by atoms with Crippen LogP contribution < -0.4 is 0 Å². The molecule has 0 atom stereocenters. The van der Waals surface area contributed by atoms with Crippen LogP contribution in [0.5, 0.6) is 0 Å². The van der Waals surface area contributed by atoms with Gasteiger partial charge in [0.25, 0.3) is 5.69 Å². The van der Waals surface area contributed by atoms with Crippen molar-refractivity contribution in [2.24, 2.45) is 0 Å². The fraction of sp³-hybridized carbons (Fsp3) is 0. The van der Waals surface area contributed by atoms with Crippen LogP contribution in [0.1, 0.15) is 11.1 Å². The monoisotopic (exact) mass is 369 g/mol. The van der Waals surface area contributed by atoms with Gasteiger partial charge in [0.15, 0.2) is 0 Å². The van der Waals surface area contributed by atoms with Crippen LogP contribution in [0, 0.1) is 10.1 Å². The molecular weight excluding hydrogens is 354 g/mol. The summed E-state index contributed by atoms with van der Waals surface area (Å²) in [5.74, 6) is -0.0186. The van der Waals surface area contributed by atoms with Crippen molar-refractivity contribution in [3.05, 3.63) is 112 Å². The average Bonchev–Trinajstić information content (AvgIpc) is 3.09. The highest BCUT2D eigenvalue weighted by molar-refractivity contribution is 6.05. The molecule has 0 N–H and O–H groups in total. The zero-order chi connectivity index (χ0) is 19.5. The number of carbonyl (C=O) groups is 1. The molecule has 0 aliphatic carbocycles. The normalized spacial score (nSPS) is 14.6. The van der Waals surface area contributed by atoms with Gasteiger partial charge in [-0.2, -0.15) is 0 Å². The largest absolute Gasteiger partial charge is 0.422 e. The van der Waals surface area contributed by atoms with Crippen LogP contribution in [0.2, 0.25) is 0 Å². The lowest BCUT2D eigenvalue weighted by molar-refractivity contribution is -0.384. The third-order valence-electron chi connectivity index (χ3n) is 4.40. The molecule has 0 bridgehead atoms. The standard InChI is InChI=1S/C23H15NO4/c25-23-20(13-16-5-4-8-21(14-16)24(26)27)15-22(28-23)19-11-9-18(10-12-19)17-6-2-1-3-7-17/h1-15H/b20-13+. The van der Waals surface area contributed by atoms with E-state index in [-0.39, 0.29) is 5.69 Å². The minimum atomic E-state index is -0.478. The summed E-state index contributed by atoms with van der Waals surface area (Å²) in [5.41, 5.74) is 3.86. The molecule has 3 aromatic rings. The summed E-state index contributed by atoms with van der Waals surface area (Å²) in [6, 6.07) is 23.9. The number of nitro groups is 1. The van der Waals surface area contributed by atoms with Crippen LogP contribution in [0.3, 0.4) is 0 Å². The first-order chi connectivity index (χ1) is 13.6. The van der Waals surface area contributed by atoms with E-state index in [9.17, 15) is 14.9 Å². The molecule has 0 unspecified atom stereocenters. The first kappa shape index (κ1) is 17.4. The molecule has 5 nitrogen and oxygen atoms in total. The lowest BCUT2D eigenvalue weighted by atomic mass is 10.0. The SMILES string of the molecule is O=C1OC(c2ccc(-c3ccccc3)cc2)=C/C1=C\c1cccc([N+](=O)[O-])c1. The van der Waals surface area contributed by atoms with E-state index >= 15 is 0 Å². The quantitative estimate of drug-likeness (QED) is 0.273. The summed E-state index contributed by atoms with van der Waals surface area (Å²) in [4.78, 5) is 22.6. The van der Waals surface area contributed by atoms with E-state index in [0.29, 0.717) is 16.9 Å². The second kappa shape index (κ2) is 7.32. The van der Waals surface area contributed by atoms with Crippen molar-refractivity contribution in [1.29, 1.82) is 0 Å². The molecule has 0 saturated carbocycles. The van der Waals surface area contributed by atoms with Crippen LogP contribution in [0.15, 0.2) is 90.5 Å². The molecule has 0 radical (unpaired) electrons. The molecular formula is C23H15NO4. The Hall–Kier alpha value is -3.99. The predicted octanol–water partition coefficient (Wildman–Crippen LogP) is 5.24. The van der Waals surface area contributed by atoms with Crippen molar-refractivity contribution in [3.63, 3.8) is 0 Å². The topological polar surface area (TPSA) is 69.4 Å². The summed E-state index contributed by atoms with van der Waals surface area (Å²) >= 11 is 0. The number of cyclic esters (lactones) is 1. The number of non-ortho nitro benzene ring substituents is 1. The van der Waals surface area contributed by atoms with Gasteiger partial charge in [0, 0.05) is 17.7 Å². The maximum atomic E-state index is 12.2. The molecule has 136 valence electrons. The van der Waals surface area contributed by atoms with Gasteiger partial charge >= 0.3 is 5.97 Å². The number of benzene rings is 3. The number of nitro benzene ring substituents is 1. The summed E-state index contributed by atoms with van der Waals surface area (Å²) in [7, 11) is 0. The molecule has 1 aliphatic rings. The Labute approximate surface area is 161 Å². The first-order valence-electron chi connectivity index (χ1n) is 8.66. The number of esters is 1. The molecule has 0 aromatic heterocycles. The van der Waals surface area contributed by atoms with Crippen molar-refractivity contribution in [3.8, 4) is 11.1 Å². The maximum Gasteiger partial charge on any atom is 0.343 e. The van der Waals surface area contributed by atoms with E-state index in [1.54, 1.807) is 24.3 Å². The van der Waals surface area contributed by atoms with E-state index in [4.69, 9.17) is 4.74 Å². The third kappa shape index (κ3) is 3.59. The lowest BCUT2D eigenvalue weighted by Crippen LogP contribution is -1.97. The second-order valence-electron chi connectivity index (χ2n) is 6.29. The molecule has 0 amide bonds. The van der Waals surface area contributed by atoms with Crippen LogP contribution in [0.4, 0.5) is 5.69 Å². The average molecular weight is 369 g/mol. The molecule has 1 aliphatic heterocycles. The van der Waals surface area contributed by atoms with Gasteiger partial charge in [-0.1, -0.05) is 66.7 Å². The molecule has 0 spiro atoms. The highest BCUT2D eigenvalue weighted by atomic mass is 16.6. The summed E-state index contributed by atoms with van der Waals surface area (Å²) in [6.07, 6.45) is 3.24. The van der Waals surface area contributed by atoms with E-state index in [2.05, 4.69) is 0 Å². The van der Waals surface area contributed by atoms with Gasteiger partial charge in [0.1, 0.15) is 5.76 Å². The Morgan fingerprint density at radius 2 is 1.50 bits per heavy atom. The molecule has 28 heavy (non-hydrogen) atoms. The van der Waals surface area contributed by atoms with E-state index in [0.717, 1.165) is 16.7 Å². The van der Waals surface area contributed by atoms with Gasteiger partial charge < -0.3 is 4.74 Å². The minimum Gasteiger partial charge on any atom is -0.422 e. The first-order valence-corrected chi connectivity index (χ1v) is 8.66. The lowest BCUT2D eigenvalue weighted by Gasteiger charge is -2.04. The Morgan fingerprint density at radius 1 is 0.821 bits per heavy atom. The Bertz CT molecular complexity index is 1110. The van der Waals surface area contributed by atoms with Crippen LogP contribution >= 0.6 is 0 Å². The van der Waals surface area contributed by atoms with Gasteiger partial charge in [-0.05, 0) is 28.8 Å².